The Bertz CT molecular complexity index is 506. The van der Waals surface area contributed by atoms with Crippen LogP contribution in [0.3, 0.4) is 0 Å². The topological polar surface area (TPSA) is 51.0 Å². The first-order valence-corrected chi connectivity index (χ1v) is 7.05. The Balaban J connectivity index is 1.59. The zero-order valence-corrected chi connectivity index (χ0v) is 11.4. The smallest absolute Gasteiger partial charge is 0.223 e. The quantitative estimate of drug-likeness (QED) is 0.772. The molecule has 2 aliphatic rings. The van der Waals surface area contributed by atoms with Crippen LogP contribution < -0.4 is 0 Å². The number of carbonyl (C=O) groups is 1. The molecule has 0 N–H and O–H groups in total. The molecule has 0 fully saturated rings. The van der Waals surface area contributed by atoms with Gasteiger partial charge < -0.3 is 9.47 Å². The Kier molecular flexibility index (Phi) is 3.36. The van der Waals surface area contributed by atoms with Crippen molar-refractivity contribution in [2.75, 3.05) is 7.05 Å². The molecule has 0 saturated heterocycles. The number of fused-ring (bicyclic) bond motifs is 1. The summed E-state index contributed by atoms with van der Waals surface area (Å²) in [6.45, 7) is 1.56. The fourth-order valence-corrected chi connectivity index (χ4v) is 2.87. The van der Waals surface area contributed by atoms with Crippen molar-refractivity contribution < 1.29 is 4.79 Å². The third-order valence-electron chi connectivity index (χ3n) is 4.04. The SMILES string of the molecule is CN(Cc1nnc2n1CCC2)C(=O)CC1C=CCC1. The second-order valence-electron chi connectivity index (χ2n) is 5.51. The first-order valence-electron chi connectivity index (χ1n) is 7.05. The lowest BCUT2D eigenvalue weighted by Crippen LogP contribution is -2.28. The Hall–Kier alpha value is -1.65. The van der Waals surface area contributed by atoms with E-state index < -0.39 is 0 Å². The van der Waals surface area contributed by atoms with Gasteiger partial charge in [-0.25, -0.2) is 0 Å². The first kappa shape index (κ1) is 12.4. The maximum atomic E-state index is 12.2. The van der Waals surface area contributed by atoms with Crippen LogP contribution in [0.25, 0.3) is 0 Å². The number of hydrogen-bond acceptors (Lipinski definition) is 3. The molecule has 0 saturated carbocycles. The van der Waals surface area contributed by atoms with Gasteiger partial charge in [-0.1, -0.05) is 12.2 Å². The van der Waals surface area contributed by atoms with Gasteiger partial charge in [0, 0.05) is 26.4 Å². The van der Waals surface area contributed by atoms with Crippen molar-refractivity contribution in [1.29, 1.82) is 0 Å². The predicted molar refractivity (Wildman–Crippen MR) is 71.3 cm³/mol. The minimum atomic E-state index is 0.201. The minimum absolute atomic E-state index is 0.201. The monoisotopic (exact) mass is 260 g/mol. The number of allylic oxidation sites excluding steroid dienone is 2. The molecule has 19 heavy (non-hydrogen) atoms. The minimum Gasteiger partial charge on any atom is -0.338 e. The summed E-state index contributed by atoms with van der Waals surface area (Å²) in [5.41, 5.74) is 0. The van der Waals surface area contributed by atoms with Crippen LogP contribution in [0.4, 0.5) is 0 Å². The predicted octanol–water partition coefficient (Wildman–Crippen LogP) is 1.54. The maximum Gasteiger partial charge on any atom is 0.223 e. The molecule has 0 bridgehead atoms. The summed E-state index contributed by atoms with van der Waals surface area (Å²) in [5.74, 6) is 2.62. The summed E-state index contributed by atoms with van der Waals surface area (Å²) < 4.78 is 2.15. The Morgan fingerprint density at radius 2 is 2.42 bits per heavy atom. The van der Waals surface area contributed by atoms with E-state index in [-0.39, 0.29) is 5.91 Å². The van der Waals surface area contributed by atoms with Crippen LogP contribution in [-0.4, -0.2) is 32.6 Å². The van der Waals surface area contributed by atoms with Crippen LogP contribution in [0.2, 0.25) is 0 Å². The zero-order chi connectivity index (χ0) is 13.2. The Labute approximate surface area is 113 Å². The van der Waals surface area contributed by atoms with Crippen LogP contribution in [0.1, 0.15) is 37.3 Å². The van der Waals surface area contributed by atoms with Crippen molar-refractivity contribution >= 4 is 5.91 Å². The average molecular weight is 260 g/mol. The lowest BCUT2D eigenvalue weighted by molar-refractivity contribution is -0.131. The lowest BCUT2D eigenvalue weighted by atomic mass is 10.0. The second kappa shape index (κ2) is 5.15. The van der Waals surface area contributed by atoms with Gasteiger partial charge in [0.15, 0.2) is 5.82 Å². The molecule has 5 heteroatoms. The number of hydrogen-bond donors (Lipinski definition) is 0. The molecule has 1 aliphatic carbocycles. The molecule has 1 unspecified atom stereocenters. The molecule has 1 aromatic heterocycles. The molecule has 3 rings (SSSR count). The molecule has 1 aromatic rings. The highest BCUT2D eigenvalue weighted by Gasteiger charge is 2.21. The van der Waals surface area contributed by atoms with E-state index in [0.29, 0.717) is 18.9 Å². The van der Waals surface area contributed by atoms with E-state index in [0.717, 1.165) is 43.9 Å². The fraction of sp³-hybridized carbons (Fsp3) is 0.643. The normalized spacial score (nSPS) is 20.8. The largest absolute Gasteiger partial charge is 0.338 e. The molecule has 102 valence electrons. The third-order valence-corrected chi connectivity index (χ3v) is 4.04. The highest BCUT2D eigenvalue weighted by molar-refractivity contribution is 5.76. The van der Waals surface area contributed by atoms with Gasteiger partial charge in [-0.15, -0.1) is 10.2 Å². The van der Waals surface area contributed by atoms with Crippen LogP contribution >= 0.6 is 0 Å². The molecular weight excluding hydrogens is 240 g/mol. The molecule has 1 aliphatic heterocycles. The lowest BCUT2D eigenvalue weighted by Gasteiger charge is -2.18. The number of amides is 1. The molecule has 5 nitrogen and oxygen atoms in total. The van der Waals surface area contributed by atoms with E-state index >= 15 is 0 Å². The summed E-state index contributed by atoms with van der Waals surface area (Å²) in [4.78, 5) is 13.9. The van der Waals surface area contributed by atoms with Gasteiger partial charge in [0.05, 0.1) is 6.54 Å². The van der Waals surface area contributed by atoms with Gasteiger partial charge in [0.2, 0.25) is 5.91 Å². The van der Waals surface area contributed by atoms with Crippen molar-refractivity contribution in [2.45, 2.75) is 45.2 Å². The number of aromatic nitrogens is 3. The van der Waals surface area contributed by atoms with Gasteiger partial charge in [0.1, 0.15) is 5.82 Å². The third kappa shape index (κ3) is 2.55. The van der Waals surface area contributed by atoms with E-state index in [1.807, 2.05) is 7.05 Å². The van der Waals surface area contributed by atoms with Gasteiger partial charge >= 0.3 is 0 Å². The maximum absolute atomic E-state index is 12.2. The van der Waals surface area contributed by atoms with Crippen LogP contribution in [0.15, 0.2) is 12.2 Å². The van der Waals surface area contributed by atoms with Crippen molar-refractivity contribution in [3.63, 3.8) is 0 Å². The van der Waals surface area contributed by atoms with Crippen molar-refractivity contribution in [3.05, 3.63) is 23.8 Å². The van der Waals surface area contributed by atoms with E-state index in [1.165, 1.54) is 0 Å². The van der Waals surface area contributed by atoms with Gasteiger partial charge in [0.25, 0.3) is 0 Å². The summed E-state index contributed by atoms with van der Waals surface area (Å²) >= 11 is 0. The molecule has 0 radical (unpaired) electrons. The van der Waals surface area contributed by atoms with Crippen molar-refractivity contribution in [2.24, 2.45) is 5.92 Å². The average Bonchev–Trinajstić information content (AvgIpc) is 3.07. The van der Waals surface area contributed by atoms with Crippen LogP contribution in [0, 0.1) is 5.92 Å². The number of carbonyl (C=O) groups excluding carboxylic acids is 1. The highest BCUT2D eigenvalue weighted by atomic mass is 16.2. The van der Waals surface area contributed by atoms with Gasteiger partial charge in [-0.05, 0) is 25.2 Å². The van der Waals surface area contributed by atoms with Crippen molar-refractivity contribution in [3.8, 4) is 0 Å². The fourth-order valence-electron chi connectivity index (χ4n) is 2.87. The Morgan fingerprint density at radius 3 is 3.21 bits per heavy atom. The first-order chi connectivity index (χ1) is 9.24. The van der Waals surface area contributed by atoms with Crippen LogP contribution in [-0.2, 0) is 24.3 Å². The van der Waals surface area contributed by atoms with Gasteiger partial charge in [-0.2, -0.15) is 0 Å². The summed E-state index contributed by atoms with van der Waals surface area (Å²) in [5, 5.41) is 8.37. The standard InChI is InChI=1S/C14H20N4O/c1-17(14(19)9-11-5-2-3-6-11)10-13-16-15-12-7-4-8-18(12)13/h2,5,11H,3-4,6-10H2,1H3. The van der Waals surface area contributed by atoms with E-state index in [2.05, 4.69) is 26.9 Å². The summed E-state index contributed by atoms with van der Waals surface area (Å²) in [7, 11) is 1.86. The zero-order valence-electron chi connectivity index (χ0n) is 11.4. The van der Waals surface area contributed by atoms with Crippen LogP contribution in [0.5, 0.6) is 0 Å². The number of nitrogens with zero attached hydrogens (tertiary/aromatic N) is 4. The molecule has 1 atom stereocenters. The van der Waals surface area contributed by atoms with E-state index in [1.54, 1.807) is 4.90 Å². The second-order valence-corrected chi connectivity index (χ2v) is 5.51. The van der Waals surface area contributed by atoms with Gasteiger partial charge in [-0.3, -0.25) is 4.79 Å². The summed E-state index contributed by atoms with van der Waals surface area (Å²) in [6.07, 6.45) is 9.33. The highest BCUT2D eigenvalue weighted by Crippen LogP contribution is 2.21. The Morgan fingerprint density at radius 1 is 1.53 bits per heavy atom. The molecular formula is C14H20N4O. The number of rotatable bonds is 4. The summed E-state index contributed by atoms with van der Waals surface area (Å²) in [6, 6.07) is 0. The molecule has 2 heterocycles. The molecule has 0 spiro atoms. The molecule has 0 aromatic carbocycles. The van der Waals surface area contributed by atoms with E-state index in [9.17, 15) is 4.79 Å². The van der Waals surface area contributed by atoms with E-state index in [4.69, 9.17) is 0 Å². The molecule has 1 amide bonds. The van der Waals surface area contributed by atoms with Crippen molar-refractivity contribution in [1.82, 2.24) is 19.7 Å². The number of aryl methyl sites for hydroxylation is 1.